The average Bonchev–Trinajstić information content (AvgIpc) is 3.02. The number of hydrogen-bond acceptors (Lipinski definition) is 6. The molecule has 22 heavy (non-hydrogen) atoms. The van der Waals surface area contributed by atoms with Gasteiger partial charge in [-0.15, -0.1) is 0 Å². The predicted molar refractivity (Wildman–Crippen MR) is 68.2 cm³/mol. The summed E-state index contributed by atoms with van der Waals surface area (Å²) in [5, 5.41) is 10.7. The topological polar surface area (TPSA) is 96.5 Å². The van der Waals surface area contributed by atoms with E-state index in [9.17, 15) is 26.7 Å². The van der Waals surface area contributed by atoms with Crippen molar-refractivity contribution in [3.05, 3.63) is 11.7 Å². The standard InChI is InChI=1S/C11H16F3N3O4S/c1-3-9-15-10(21-16-9)8-4-7(18)5-17(8)22(19,20)6(2)11(12,13)14/h6-8,18H,3-5H2,1-2H3/t6?,7-,8+/m0/s1. The Balaban J connectivity index is 2.35. The molecule has 1 aliphatic heterocycles. The maximum atomic E-state index is 12.8. The first kappa shape index (κ1) is 17.2. The fraction of sp³-hybridized carbons (Fsp3) is 0.818. The van der Waals surface area contributed by atoms with E-state index in [1.807, 2.05) is 0 Å². The largest absolute Gasteiger partial charge is 0.406 e. The minimum Gasteiger partial charge on any atom is -0.392 e. The molecule has 3 atom stereocenters. The van der Waals surface area contributed by atoms with Crippen molar-refractivity contribution in [2.75, 3.05) is 6.54 Å². The van der Waals surface area contributed by atoms with E-state index in [4.69, 9.17) is 4.52 Å². The molecule has 11 heteroatoms. The minimum atomic E-state index is -4.90. The number of aliphatic hydroxyl groups is 1. The quantitative estimate of drug-likeness (QED) is 0.877. The third kappa shape index (κ3) is 3.10. The van der Waals surface area contributed by atoms with Crippen molar-refractivity contribution in [1.29, 1.82) is 0 Å². The number of β-amino-alcohol motifs (C(OH)–C–C–N with tert-alkyl or cyclic N) is 1. The molecule has 1 aromatic rings. The highest BCUT2D eigenvalue weighted by atomic mass is 32.2. The van der Waals surface area contributed by atoms with E-state index in [1.165, 1.54) is 0 Å². The van der Waals surface area contributed by atoms with E-state index in [1.54, 1.807) is 6.92 Å². The smallest absolute Gasteiger partial charge is 0.392 e. The van der Waals surface area contributed by atoms with Gasteiger partial charge in [0.05, 0.1) is 6.10 Å². The van der Waals surface area contributed by atoms with Gasteiger partial charge in [-0.1, -0.05) is 12.1 Å². The third-order valence-corrected chi connectivity index (χ3v) is 5.77. The molecular formula is C11H16F3N3O4S. The molecule has 1 unspecified atom stereocenters. The number of hydrogen-bond donors (Lipinski definition) is 1. The van der Waals surface area contributed by atoms with Crippen LogP contribution in [0.15, 0.2) is 4.52 Å². The highest BCUT2D eigenvalue weighted by Crippen LogP contribution is 2.38. The monoisotopic (exact) mass is 343 g/mol. The Hall–Kier alpha value is -1.20. The lowest BCUT2D eigenvalue weighted by molar-refractivity contribution is -0.127. The van der Waals surface area contributed by atoms with Crippen LogP contribution in [0.4, 0.5) is 13.2 Å². The van der Waals surface area contributed by atoms with E-state index in [-0.39, 0.29) is 12.3 Å². The summed E-state index contributed by atoms with van der Waals surface area (Å²) < 4.78 is 68.2. The summed E-state index contributed by atoms with van der Waals surface area (Å²) in [6.07, 6.45) is -5.64. The molecule has 1 aliphatic rings. The van der Waals surface area contributed by atoms with Crippen LogP contribution < -0.4 is 0 Å². The van der Waals surface area contributed by atoms with Gasteiger partial charge in [-0.25, -0.2) is 8.42 Å². The second-order valence-corrected chi connectivity index (χ2v) is 7.31. The number of rotatable bonds is 4. The third-order valence-electron chi connectivity index (χ3n) is 3.55. The van der Waals surface area contributed by atoms with Crippen LogP contribution in [0.2, 0.25) is 0 Å². The van der Waals surface area contributed by atoms with Gasteiger partial charge >= 0.3 is 6.18 Å². The van der Waals surface area contributed by atoms with Crippen molar-refractivity contribution in [3.63, 3.8) is 0 Å². The molecular weight excluding hydrogens is 327 g/mol. The predicted octanol–water partition coefficient (Wildman–Crippen LogP) is 1.02. The lowest BCUT2D eigenvalue weighted by Crippen LogP contribution is -2.44. The number of sulfonamides is 1. The summed E-state index contributed by atoms with van der Waals surface area (Å²) in [5.41, 5.74) is 0. The summed E-state index contributed by atoms with van der Waals surface area (Å²) in [4.78, 5) is 3.95. The fourth-order valence-corrected chi connectivity index (χ4v) is 3.86. The number of alkyl halides is 3. The van der Waals surface area contributed by atoms with Crippen LogP contribution in [0.3, 0.4) is 0 Å². The molecule has 0 aliphatic carbocycles. The number of aromatic nitrogens is 2. The van der Waals surface area contributed by atoms with Crippen molar-refractivity contribution in [2.24, 2.45) is 0 Å². The van der Waals surface area contributed by atoms with Gasteiger partial charge in [-0.2, -0.15) is 22.5 Å². The van der Waals surface area contributed by atoms with E-state index >= 15 is 0 Å². The van der Waals surface area contributed by atoms with E-state index in [2.05, 4.69) is 10.1 Å². The molecule has 0 radical (unpaired) electrons. The Bertz CT molecular complexity index is 631. The SMILES string of the molecule is CCc1noc([C@H]2C[C@H](O)CN2S(=O)(=O)C(C)C(F)(F)F)n1. The van der Waals surface area contributed by atoms with Gasteiger partial charge < -0.3 is 9.63 Å². The Morgan fingerprint density at radius 2 is 2.14 bits per heavy atom. The van der Waals surface area contributed by atoms with Crippen molar-refractivity contribution in [1.82, 2.24) is 14.4 Å². The lowest BCUT2D eigenvalue weighted by Gasteiger charge is -2.26. The van der Waals surface area contributed by atoms with Gasteiger partial charge in [0.15, 0.2) is 11.1 Å². The summed E-state index contributed by atoms with van der Waals surface area (Å²) in [6.45, 7) is 1.89. The Kier molecular flexibility index (Phi) is 4.51. The van der Waals surface area contributed by atoms with Crippen molar-refractivity contribution in [2.45, 2.75) is 50.3 Å². The first-order valence-corrected chi connectivity index (χ1v) is 8.15. The maximum absolute atomic E-state index is 12.8. The number of halogens is 3. The van der Waals surface area contributed by atoms with Crippen molar-refractivity contribution >= 4 is 10.0 Å². The number of aryl methyl sites for hydroxylation is 1. The second kappa shape index (κ2) is 5.78. The van der Waals surface area contributed by atoms with Crippen LogP contribution in [-0.4, -0.2) is 52.0 Å². The first-order chi connectivity index (χ1) is 10.1. The zero-order chi connectivity index (χ0) is 16.7. The first-order valence-electron chi connectivity index (χ1n) is 6.65. The Labute approximate surface area is 125 Å². The summed E-state index contributed by atoms with van der Waals surface area (Å²) >= 11 is 0. The normalized spacial score (nSPS) is 25.5. The molecule has 0 amide bonds. The van der Waals surface area contributed by atoms with E-state index < -0.39 is 40.1 Å². The summed E-state index contributed by atoms with van der Waals surface area (Å²) in [6, 6.07) is -1.09. The van der Waals surface area contributed by atoms with Crippen LogP contribution in [0.1, 0.15) is 38.0 Å². The average molecular weight is 343 g/mol. The fourth-order valence-electron chi connectivity index (χ4n) is 2.21. The van der Waals surface area contributed by atoms with Gasteiger partial charge in [0, 0.05) is 19.4 Å². The van der Waals surface area contributed by atoms with Crippen LogP contribution in [0, 0.1) is 0 Å². The Morgan fingerprint density at radius 1 is 1.50 bits per heavy atom. The molecule has 2 rings (SSSR count). The zero-order valence-corrected chi connectivity index (χ0v) is 12.7. The van der Waals surface area contributed by atoms with Gasteiger partial charge in [-0.3, -0.25) is 0 Å². The molecule has 0 spiro atoms. The van der Waals surface area contributed by atoms with Crippen LogP contribution in [0.25, 0.3) is 0 Å². The molecule has 1 saturated heterocycles. The zero-order valence-electron chi connectivity index (χ0n) is 11.9. The summed E-state index contributed by atoms with van der Waals surface area (Å²) in [7, 11) is -4.70. The van der Waals surface area contributed by atoms with Crippen LogP contribution in [0.5, 0.6) is 0 Å². The summed E-state index contributed by atoms with van der Waals surface area (Å²) in [5.74, 6) is 0.212. The molecule has 1 N–H and O–H groups in total. The number of aliphatic hydroxyl groups excluding tert-OH is 1. The number of nitrogens with zero attached hydrogens (tertiary/aromatic N) is 3. The molecule has 0 saturated carbocycles. The highest BCUT2D eigenvalue weighted by molar-refractivity contribution is 7.89. The van der Waals surface area contributed by atoms with Gasteiger partial charge in [0.25, 0.3) is 0 Å². The molecule has 1 aromatic heterocycles. The van der Waals surface area contributed by atoms with Gasteiger partial charge in [0.1, 0.15) is 6.04 Å². The van der Waals surface area contributed by atoms with E-state index in [0.29, 0.717) is 23.5 Å². The highest BCUT2D eigenvalue weighted by Gasteiger charge is 2.52. The molecule has 0 aromatic carbocycles. The van der Waals surface area contributed by atoms with Gasteiger partial charge in [0.2, 0.25) is 15.9 Å². The maximum Gasteiger partial charge on any atom is 0.406 e. The second-order valence-electron chi connectivity index (χ2n) is 5.11. The molecule has 1 fully saturated rings. The van der Waals surface area contributed by atoms with Crippen molar-refractivity contribution < 1.29 is 31.2 Å². The van der Waals surface area contributed by atoms with Crippen molar-refractivity contribution in [3.8, 4) is 0 Å². The van der Waals surface area contributed by atoms with E-state index in [0.717, 1.165) is 0 Å². The van der Waals surface area contributed by atoms with Crippen LogP contribution in [-0.2, 0) is 16.4 Å². The molecule has 0 bridgehead atoms. The molecule has 126 valence electrons. The van der Waals surface area contributed by atoms with Crippen LogP contribution >= 0.6 is 0 Å². The molecule has 2 heterocycles. The van der Waals surface area contributed by atoms with Gasteiger partial charge in [-0.05, 0) is 6.92 Å². The Morgan fingerprint density at radius 3 is 2.64 bits per heavy atom. The molecule has 7 nitrogen and oxygen atoms in total. The lowest BCUT2D eigenvalue weighted by atomic mass is 10.2. The minimum absolute atomic E-state index is 0.0881.